The zero-order valence-electron chi connectivity index (χ0n) is 10.3. The molecule has 0 aliphatic carbocycles. The lowest BCUT2D eigenvalue weighted by Crippen LogP contribution is -2.29. The van der Waals surface area contributed by atoms with Crippen LogP contribution in [0.5, 0.6) is 0 Å². The number of nitriles is 1. The maximum atomic E-state index is 9.08. The minimum Gasteiger partial charge on any atom is -0.418 e. The van der Waals surface area contributed by atoms with E-state index in [0.29, 0.717) is 5.88 Å². The summed E-state index contributed by atoms with van der Waals surface area (Å²) in [6.45, 7) is 1.76. The summed E-state index contributed by atoms with van der Waals surface area (Å²) < 4.78 is 5.55. The highest BCUT2D eigenvalue weighted by atomic mass is 32.1. The van der Waals surface area contributed by atoms with E-state index >= 15 is 0 Å². The monoisotopic (exact) mass is 278 g/mol. The molecule has 0 unspecified atom stereocenters. The first-order valence-corrected chi connectivity index (χ1v) is 6.36. The average Bonchev–Trinajstić information content (AvgIpc) is 2.82. The molecule has 0 spiro atoms. The Kier molecular flexibility index (Phi) is 4.30. The topological polar surface area (TPSA) is 103 Å². The number of aromatic nitrogens is 1. The molecule has 100 valence electrons. The van der Waals surface area contributed by atoms with Crippen LogP contribution < -0.4 is 16.1 Å². The van der Waals surface area contributed by atoms with Gasteiger partial charge in [-0.25, -0.2) is 0 Å². The van der Waals surface area contributed by atoms with Crippen LogP contribution in [0.15, 0.2) is 9.52 Å². The summed E-state index contributed by atoms with van der Waals surface area (Å²) in [4.78, 5) is 6.09. The predicted molar refractivity (Wildman–Crippen MR) is 74.8 cm³/mol. The van der Waals surface area contributed by atoms with E-state index in [0.717, 1.165) is 25.9 Å². The second-order valence-electron chi connectivity index (χ2n) is 4.10. The second-order valence-corrected chi connectivity index (χ2v) is 4.54. The Morgan fingerprint density at radius 1 is 1.53 bits per heavy atom. The predicted octanol–water partition coefficient (Wildman–Crippen LogP) is 0.704. The average molecular weight is 278 g/mol. The van der Waals surface area contributed by atoms with E-state index in [9.17, 15) is 0 Å². The van der Waals surface area contributed by atoms with Crippen LogP contribution in [0.4, 0.5) is 5.88 Å². The first-order valence-electron chi connectivity index (χ1n) is 5.95. The fourth-order valence-electron chi connectivity index (χ4n) is 1.92. The Labute approximate surface area is 116 Å². The van der Waals surface area contributed by atoms with Gasteiger partial charge in [0.15, 0.2) is 5.11 Å². The number of nitrogens with zero attached hydrogens (tertiary/aromatic N) is 4. The van der Waals surface area contributed by atoms with Gasteiger partial charge in [0.1, 0.15) is 12.3 Å². The number of hydrogen-bond donors (Lipinski definition) is 2. The van der Waals surface area contributed by atoms with Gasteiger partial charge in [0.2, 0.25) is 17.5 Å². The third-order valence-corrected chi connectivity index (χ3v) is 2.82. The summed E-state index contributed by atoms with van der Waals surface area (Å²) in [6, 6.07) is 2.03. The number of piperidine rings is 1. The van der Waals surface area contributed by atoms with Crippen molar-refractivity contribution in [2.24, 2.45) is 10.8 Å². The van der Waals surface area contributed by atoms with E-state index in [4.69, 9.17) is 15.4 Å². The molecule has 1 aromatic heterocycles. The number of nitrogens with one attached hydrogen (secondary N) is 1. The first-order chi connectivity index (χ1) is 9.20. The van der Waals surface area contributed by atoms with Gasteiger partial charge in [-0.05, 0) is 31.5 Å². The van der Waals surface area contributed by atoms with Gasteiger partial charge in [-0.3, -0.25) is 5.43 Å². The molecule has 8 heteroatoms. The van der Waals surface area contributed by atoms with E-state index in [1.165, 1.54) is 12.6 Å². The number of hydrazone groups is 1. The van der Waals surface area contributed by atoms with Gasteiger partial charge in [0.05, 0.1) is 0 Å². The SMILES string of the molecule is N#Cc1nc(/C=N/NC(N)=S)oc1N1CCCCC1. The lowest BCUT2D eigenvalue weighted by Gasteiger charge is -2.25. The Bertz CT molecular complexity index is 526. The van der Waals surface area contributed by atoms with Crippen LogP contribution >= 0.6 is 12.2 Å². The molecule has 2 heterocycles. The van der Waals surface area contributed by atoms with Crippen LogP contribution in [-0.4, -0.2) is 29.4 Å². The van der Waals surface area contributed by atoms with E-state index in [1.807, 2.05) is 11.0 Å². The minimum atomic E-state index is 0.0552. The molecule has 0 saturated carbocycles. The number of oxazole rings is 1. The van der Waals surface area contributed by atoms with Crippen LogP contribution in [0, 0.1) is 11.3 Å². The zero-order chi connectivity index (χ0) is 13.7. The molecular weight excluding hydrogens is 264 g/mol. The Balaban J connectivity index is 2.15. The molecule has 7 nitrogen and oxygen atoms in total. The number of nitrogens with two attached hydrogens (primary N) is 1. The third-order valence-electron chi connectivity index (χ3n) is 2.72. The normalized spacial score (nSPS) is 15.4. The summed E-state index contributed by atoms with van der Waals surface area (Å²) in [5, 5.41) is 12.9. The van der Waals surface area contributed by atoms with Crippen molar-refractivity contribution in [2.45, 2.75) is 19.3 Å². The van der Waals surface area contributed by atoms with Gasteiger partial charge in [-0.1, -0.05) is 0 Å². The lowest BCUT2D eigenvalue weighted by molar-refractivity contribution is 0.493. The number of hydrogen-bond acceptors (Lipinski definition) is 6. The van der Waals surface area contributed by atoms with Crippen molar-refractivity contribution >= 4 is 29.4 Å². The van der Waals surface area contributed by atoms with Gasteiger partial charge in [-0.2, -0.15) is 15.3 Å². The Morgan fingerprint density at radius 2 is 2.26 bits per heavy atom. The smallest absolute Gasteiger partial charge is 0.243 e. The minimum absolute atomic E-state index is 0.0552. The summed E-state index contributed by atoms with van der Waals surface area (Å²) in [5.74, 6) is 0.764. The molecule has 3 N–H and O–H groups in total. The molecule has 0 atom stereocenters. The van der Waals surface area contributed by atoms with Crippen LogP contribution in [-0.2, 0) is 0 Å². The molecule has 1 fully saturated rings. The zero-order valence-corrected chi connectivity index (χ0v) is 11.1. The molecule has 0 amide bonds. The summed E-state index contributed by atoms with van der Waals surface area (Å²) in [7, 11) is 0. The first kappa shape index (κ1) is 13.3. The van der Waals surface area contributed by atoms with Gasteiger partial charge in [0, 0.05) is 13.1 Å². The van der Waals surface area contributed by atoms with Crippen molar-refractivity contribution in [3.8, 4) is 6.07 Å². The van der Waals surface area contributed by atoms with E-state index in [-0.39, 0.29) is 16.7 Å². The summed E-state index contributed by atoms with van der Waals surface area (Å²) >= 11 is 4.61. The van der Waals surface area contributed by atoms with Crippen molar-refractivity contribution < 1.29 is 4.42 Å². The van der Waals surface area contributed by atoms with E-state index < -0.39 is 0 Å². The van der Waals surface area contributed by atoms with E-state index in [1.54, 1.807) is 0 Å². The molecule has 2 rings (SSSR count). The van der Waals surface area contributed by atoms with Crippen LogP contribution in [0.25, 0.3) is 0 Å². The quantitative estimate of drug-likeness (QED) is 0.476. The van der Waals surface area contributed by atoms with Gasteiger partial charge < -0.3 is 15.1 Å². The molecule has 0 radical (unpaired) electrons. The lowest BCUT2D eigenvalue weighted by atomic mass is 10.1. The van der Waals surface area contributed by atoms with Gasteiger partial charge in [0.25, 0.3) is 0 Å². The largest absolute Gasteiger partial charge is 0.418 e. The summed E-state index contributed by atoms with van der Waals surface area (Å²) in [6.07, 6.45) is 4.74. The highest BCUT2D eigenvalue weighted by Crippen LogP contribution is 2.24. The van der Waals surface area contributed by atoms with Crippen LogP contribution in [0.3, 0.4) is 0 Å². The van der Waals surface area contributed by atoms with Crippen molar-refractivity contribution in [2.75, 3.05) is 18.0 Å². The van der Waals surface area contributed by atoms with Crippen LogP contribution in [0.1, 0.15) is 30.8 Å². The molecule has 0 aromatic carbocycles. The molecule has 1 saturated heterocycles. The summed E-state index contributed by atoms with van der Waals surface area (Å²) in [5.41, 5.74) is 7.91. The maximum absolute atomic E-state index is 9.08. The molecule has 1 aromatic rings. The highest BCUT2D eigenvalue weighted by Gasteiger charge is 2.20. The van der Waals surface area contributed by atoms with Crippen molar-refractivity contribution in [3.63, 3.8) is 0 Å². The molecule has 1 aliphatic rings. The molecule has 1 aliphatic heterocycles. The standard InChI is InChI=1S/C11H14N6OS/c12-6-8-10(17-4-2-1-3-5-17)18-9(15-8)7-14-16-11(13)19/h7H,1-5H2,(H3,13,16,19)/b14-7+. The number of rotatable bonds is 3. The number of anilines is 1. The maximum Gasteiger partial charge on any atom is 0.243 e. The van der Waals surface area contributed by atoms with Crippen molar-refractivity contribution in [3.05, 3.63) is 11.6 Å². The fraction of sp³-hybridized carbons (Fsp3) is 0.455. The molecular formula is C11H14N6OS. The highest BCUT2D eigenvalue weighted by molar-refractivity contribution is 7.80. The van der Waals surface area contributed by atoms with Crippen molar-refractivity contribution in [1.82, 2.24) is 10.4 Å². The fourth-order valence-corrected chi connectivity index (χ4v) is 1.97. The van der Waals surface area contributed by atoms with Crippen LogP contribution in [0.2, 0.25) is 0 Å². The van der Waals surface area contributed by atoms with Gasteiger partial charge in [-0.15, -0.1) is 0 Å². The Morgan fingerprint density at radius 3 is 2.89 bits per heavy atom. The van der Waals surface area contributed by atoms with Crippen molar-refractivity contribution in [1.29, 1.82) is 5.26 Å². The molecule has 0 bridgehead atoms. The Hall–Kier alpha value is -2.14. The third kappa shape index (κ3) is 3.42. The molecule has 19 heavy (non-hydrogen) atoms. The second kappa shape index (κ2) is 6.15. The van der Waals surface area contributed by atoms with Gasteiger partial charge >= 0.3 is 0 Å². The number of thiocarbonyl (C=S) groups is 1. The van der Waals surface area contributed by atoms with E-state index in [2.05, 4.69) is 27.7 Å².